The van der Waals surface area contributed by atoms with Crippen LogP contribution in [0.3, 0.4) is 0 Å². The van der Waals surface area contributed by atoms with Crippen molar-refractivity contribution >= 4 is 29.3 Å². The van der Waals surface area contributed by atoms with Gasteiger partial charge in [0.25, 0.3) is 0 Å². The zero-order valence-electron chi connectivity index (χ0n) is 15.0. The van der Waals surface area contributed by atoms with E-state index in [0.717, 1.165) is 4.57 Å². The molecule has 1 aliphatic rings. The average molecular weight is 496 g/mol. The number of aliphatic hydroxyl groups is 1. The third kappa shape index (κ3) is 6.24. The van der Waals surface area contributed by atoms with Crippen molar-refractivity contribution in [1.29, 1.82) is 0 Å². The normalized spacial score (nSPS) is 31.2. The van der Waals surface area contributed by atoms with Gasteiger partial charge in [0.05, 0.1) is 12.1 Å². The van der Waals surface area contributed by atoms with Gasteiger partial charge in [0.2, 0.25) is 0 Å². The lowest BCUT2D eigenvalue weighted by Crippen LogP contribution is -2.53. The minimum absolute atomic E-state index is 0.0854. The monoisotopic (exact) mass is 496 g/mol. The number of nitrogens with zero attached hydrogens (tertiary/aromatic N) is 2. The first-order chi connectivity index (χ1) is 13.4. The summed E-state index contributed by atoms with van der Waals surface area (Å²) in [7, 11) is -16.7. The highest BCUT2D eigenvalue weighted by Crippen LogP contribution is 2.66. The van der Waals surface area contributed by atoms with Crippen molar-refractivity contribution in [3.8, 4) is 0 Å². The van der Waals surface area contributed by atoms with Gasteiger partial charge in [-0.05, 0) is 13.0 Å². The summed E-state index contributed by atoms with van der Waals surface area (Å²) in [5.41, 5.74) is 8.90. The van der Waals surface area contributed by atoms with Gasteiger partial charge >= 0.3 is 29.2 Å². The van der Waals surface area contributed by atoms with Crippen LogP contribution in [0, 0.1) is 0 Å². The second kappa shape index (κ2) is 8.48. The minimum Gasteiger partial charge on any atom is -0.388 e. The van der Waals surface area contributed by atoms with Crippen molar-refractivity contribution in [2.45, 2.75) is 30.9 Å². The maximum Gasteiger partial charge on any atom is 0.490 e. The Hall–Kier alpha value is -1.03. The van der Waals surface area contributed by atoms with E-state index in [1.54, 1.807) is 0 Å². The summed E-state index contributed by atoms with van der Waals surface area (Å²) >= 11 is 0. The van der Waals surface area contributed by atoms with Gasteiger partial charge in [-0.15, -0.1) is 0 Å². The van der Waals surface area contributed by atoms with E-state index < -0.39 is 59.7 Å². The van der Waals surface area contributed by atoms with Gasteiger partial charge in [0, 0.05) is 6.20 Å². The fourth-order valence-electron chi connectivity index (χ4n) is 2.50. The third-order valence-corrected chi connectivity index (χ3v) is 7.55. The summed E-state index contributed by atoms with van der Waals surface area (Å²) in [5.74, 6) is -0.0854. The molecule has 1 aliphatic heterocycles. The summed E-state index contributed by atoms with van der Waals surface area (Å²) in [6, 6.07) is 1.26. The summed E-state index contributed by atoms with van der Waals surface area (Å²) in [5, 5.41) is 10.3. The molecule has 2 unspecified atom stereocenters. The minimum atomic E-state index is -5.70. The Labute approximate surface area is 167 Å². The molecule has 6 atom stereocenters. The van der Waals surface area contributed by atoms with Gasteiger partial charge < -0.3 is 40.9 Å². The van der Waals surface area contributed by atoms with Crippen LogP contribution in [0.2, 0.25) is 0 Å². The van der Waals surface area contributed by atoms with Crippen molar-refractivity contribution < 1.29 is 56.3 Å². The first-order valence-electron chi connectivity index (χ1n) is 7.69. The highest BCUT2D eigenvalue weighted by molar-refractivity contribution is 7.66. The van der Waals surface area contributed by atoms with E-state index in [9.17, 15) is 28.5 Å². The fourth-order valence-corrected chi connectivity index (χ4v) is 5.53. The molecule has 172 valence electrons. The topological polar surface area (TPSA) is 276 Å². The van der Waals surface area contributed by atoms with Gasteiger partial charge in [0.1, 0.15) is 18.0 Å². The number of nitrogen functional groups attached to an aromatic ring is 1. The summed E-state index contributed by atoms with van der Waals surface area (Å²) < 4.78 is 51.6. The SMILES string of the molecule is C[C@@]1(N)[C@H](O)[C@@H](COP(=O)(O)OP(=O)(O)OP(=O)(O)O)O[C@H]1n1ccc(N)nc1=O. The van der Waals surface area contributed by atoms with E-state index >= 15 is 0 Å². The maximum atomic E-state index is 12.0. The van der Waals surface area contributed by atoms with E-state index in [1.807, 2.05) is 0 Å². The van der Waals surface area contributed by atoms with Crippen molar-refractivity contribution in [3.05, 3.63) is 22.7 Å². The number of phosphoric acid groups is 3. The summed E-state index contributed by atoms with van der Waals surface area (Å²) in [6.07, 6.45) is -3.15. The molecule has 0 aromatic carbocycles. The predicted octanol–water partition coefficient (Wildman–Crippen LogP) is -1.86. The number of ether oxygens (including phenoxy) is 1. The number of anilines is 1. The van der Waals surface area contributed by atoms with Crippen LogP contribution in [-0.2, 0) is 31.6 Å². The molecule has 2 heterocycles. The van der Waals surface area contributed by atoms with Crippen LogP contribution in [-0.4, -0.2) is 58.6 Å². The number of hydrogen-bond acceptors (Lipinski definition) is 12. The molecular weight excluding hydrogens is 477 g/mol. The zero-order chi connectivity index (χ0) is 23.1. The lowest BCUT2D eigenvalue weighted by Gasteiger charge is -2.28. The Bertz CT molecular complexity index is 992. The van der Waals surface area contributed by atoms with Crippen molar-refractivity contribution in [2.24, 2.45) is 5.73 Å². The van der Waals surface area contributed by atoms with Crippen LogP contribution < -0.4 is 17.2 Å². The highest BCUT2D eigenvalue weighted by atomic mass is 31.3. The predicted molar refractivity (Wildman–Crippen MR) is 95.2 cm³/mol. The molecule has 0 radical (unpaired) electrons. The van der Waals surface area contributed by atoms with Gasteiger partial charge in [-0.2, -0.15) is 13.6 Å². The molecule has 0 amide bonds. The molecule has 0 bridgehead atoms. The molecule has 2 rings (SSSR count). The molecule has 9 N–H and O–H groups in total. The van der Waals surface area contributed by atoms with Crippen LogP contribution in [0.25, 0.3) is 0 Å². The molecule has 0 saturated carbocycles. The van der Waals surface area contributed by atoms with Crippen LogP contribution in [0.1, 0.15) is 13.2 Å². The molecule has 1 fully saturated rings. The van der Waals surface area contributed by atoms with Crippen molar-refractivity contribution in [2.75, 3.05) is 12.3 Å². The number of phosphoric ester groups is 1. The number of aromatic nitrogens is 2. The molecule has 20 heteroatoms. The van der Waals surface area contributed by atoms with E-state index in [-0.39, 0.29) is 5.82 Å². The van der Waals surface area contributed by atoms with Gasteiger partial charge in [-0.1, -0.05) is 0 Å². The Kier molecular flexibility index (Phi) is 7.14. The quantitative estimate of drug-likeness (QED) is 0.194. The molecule has 30 heavy (non-hydrogen) atoms. The van der Waals surface area contributed by atoms with E-state index in [4.69, 9.17) is 30.9 Å². The van der Waals surface area contributed by atoms with Gasteiger partial charge in [-0.3, -0.25) is 9.09 Å². The molecule has 1 aromatic heterocycles. The summed E-state index contributed by atoms with van der Waals surface area (Å²) in [4.78, 5) is 51.0. The number of hydrogen-bond donors (Lipinski definition) is 7. The van der Waals surface area contributed by atoms with Crippen LogP contribution >= 0.6 is 23.5 Å². The van der Waals surface area contributed by atoms with Gasteiger partial charge in [0.15, 0.2) is 6.23 Å². The molecular formula is C10H19N4O13P3. The lowest BCUT2D eigenvalue weighted by molar-refractivity contribution is -0.0477. The zero-order valence-corrected chi connectivity index (χ0v) is 17.7. The standard InChI is InChI=1S/C10H19N4O13P3/c1-10(12)7(15)5(25-8(10)14-3-2-6(11)13-9(14)16)4-24-29(20,21)27-30(22,23)26-28(17,18)19/h2-3,5,7-8,15H,4,12H2,1H3,(H,20,21)(H,22,23)(H2,11,13,16)(H2,17,18,19)/t5-,7-,8-,10-/m1/s1. The first kappa shape index (κ1) is 25.2. The molecule has 1 aromatic rings. The van der Waals surface area contributed by atoms with E-state index in [2.05, 4.69) is 18.1 Å². The molecule has 17 nitrogen and oxygen atoms in total. The number of nitrogens with two attached hydrogens (primary N) is 2. The number of aliphatic hydroxyl groups excluding tert-OH is 1. The van der Waals surface area contributed by atoms with E-state index in [1.165, 1.54) is 19.2 Å². The van der Waals surface area contributed by atoms with Crippen LogP contribution in [0.5, 0.6) is 0 Å². The molecule has 0 aliphatic carbocycles. The van der Waals surface area contributed by atoms with E-state index in [0.29, 0.717) is 0 Å². The smallest absolute Gasteiger partial charge is 0.388 e. The Morgan fingerprint density at radius 2 is 1.83 bits per heavy atom. The molecule has 0 spiro atoms. The Morgan fingerprint density at radius 3 is 2.37 bits per heavy atom. The van der Waals surface area contributed by atoms with Crippen molar-refractivity contribution in [3.63, 3.8) is 0 Å². The number of rotatable bonds is 8. The fraction of sp³-hybridized carbons (Fsp3) is 0.600. The Balaban J connectivity index is 2.12. The van der Waals surface area contributed by atoms with Crippen LogP contribution in [0.15, 0.2) is 17.1 Å². The lowest BCUT2D eigenvalue weighted by atomic mass is 9.93. The molecule has 1 saturated heterocycles. The first-order valence-corrected chi connectivity index (χ1v) is 12.2. The van der Waals surface area contributed by atoms with Crippen LogP contribution in [0.4, 0.5) is 5.82 Å². The van der Waals surface area contributed by atoms with Crippen molar-refractivity contribution in [1.82, 2.24) is 9.55 Å². The Morgan fingerprint density at radius 1 is 1.23 bits per heavy atom. The van der Waals surface area contributed by atoms with Gasteiger partial charge in [-0.25, -0.2) is 18.5 Å². The highest BCUT2D eigenvalue weighted by Gasteiger charge is 2.53. The second-order valence-corrected chi connectivity index (χ2v) is 10.7. The largest absolute Gasteiger partial charge is 0.490 e. The maximum absolute atomic E-state index is 12.0. The summed E-state index contributed by atoms with van der Waals surface area (Å²) in [6.45, 7) is 0.348. The average Bonchev–Trinajstić information content (AvgIpc) is 2.73. The third-order valence-electron chi connectivity index (χ3n) is 3.75. The second-order valence-electron chi connectivity index (χ2n) is 6.27.